The lowest BCUT2D eigenvalue weighted by Gasteiger charge is -2.11. The van der Waals surface area contributed by atoms with E-state index in [9.17, 15) is 14.4 Å². The van der Waals surface area contributed by atoms with Gasteiger partial charge in [0.05, 0.1) is 12.2 Å². The minimum Gasteiger partial charge on any atom is -0.463 e. The molecule has 2 aromatic rings. The third kappa shape index (κ3) is 3.31. The highest BCUT2D eigenvalue weighted by molar-refractivity contribution is 6.30. The summed E-state index contributed by atoms with van der Waals surface area (Å²) in [5.41, 5.74) is 0.716. The number of esters is 2. The highest BCUT2D eigenvalue weighted by atomic mass is 35.5. The first kappa shape index (κ1) is 16.2. The molecule has 1 atom stereocenters. The zero-order valence-electron chi connectivity index (χ0n) is 12.5. The summed E-state index contributed by atoms with van der Waals surface area (Å²) in [7, 11) is 0. The van der Waals surface area contributed by atoms with E-state index in [1.54, 1.807) is 42.5 Å². The first-order valence-electron chi connectivity index (χ1n) is 7.33. The number of ketones is 1. The molecule has 6 heteroatoms. The van der Waals surface area contributed by atoms with E-state index in [4.69, 9.17) is 21.1 Å². The van der Waals surface area contributed by atoms with Gasteiger partial charge in [-0.1, -0.05) is 29.8 Å². The van der Waals surface area contributed by atoms with Crippen molar-refractivity contribution in [2.45, 2.75) is 12.5 Å². The minimum absolute atomic E-state index is 0.108. The van der Waals surface area contributed by atoms with Crippen LogP contribution in [0.5, 0.6) is 0 Å². The number of hydrogen-bond donors (Lipinski definition) is 0. The Kier molecular flexibility index (Phi) is 4.62. The Morgan fingerprint density at radius 1 is 1.04 bits per heavy atom. The Balaban J connectivity index is 1.87. The van der Waals surface area contributed by atoms with E-state index in [2.05, 4.69) is 0 Å². The van der Waals surface area contributed by atoms with Crippen LogP contribution in [0.4, 0.5) is 0 Å². The highest BCUT2D eigenvalue weighted by Gasteiger charge is 2.31. The quantitative estimate of drug-likeness (QED) is 0.630. The molecule has 0 bridgehead atoms. The van der Waals surface area contributed by atoms with Crippen LogP contribution in [0, 0.1) is 0 Å². The molecule has 5 nitrogen and oxygen atoms in total. The molecule has 1 saturated heterocycles. The maximum atomic E-state index is 12.6. The Morgan fingerprint density at radius 2 is 1.71 bits per heavy atom. The number of benzene rings is 2. The lowest BCUT2D eigenvalue weighted by atomic mass is 9.98. The molecule has 0 aromatic heterocycles. The molecule has 0 unspecified atom stereocenters. The zero-order chi connectivity index (χ0) is 17.1. The average Bonchev–Trinajstić information content (AvgIpc) is 3.00. The fourth-order valence-electron chi connectivity index (χ4n) is 2.39. The van der Waals surface area contributed by atoms with Crippen LogP contribution in [0.15, 0.2) is 48.5 Å². The predicted octanol–water partition coefficient (Wildman–Crippen LogP) is 3.04. The predicted molar refractivity (Wildman–Crippen MR) is 86.1 cm³/mol. The largest absolute Gasteiger partial charge is 0.463 e. The lowest BCUT2D eigenvalue weighted by Crippen LogP contribution is -2.24. The van der Waals surface area contributed by atoms with Gasteiger partial charge in [-0.2, -0.15) is 0 Å². The van der Waals surface area contributed by atoms with Gasteiger partial charge in [-0.15, -0.1) is 0 Å². The lowest BCUT2D eigenvalue weighted by molar-refractivity contribution is -0.145. The molecule has 0 radical (unpaired) electrons. The Labute approximate surface area is 143 Å². The van der Waals surface area contributed by atoms with Crippen molar-refractivity contribution in [2.24, 2.45) is 0 Å². The minimum atomic E-state index is -0.920. The fraction of sp³-hybridized carbons (Fsp3) is 0.167. The van der Waals surface area contributed by atoms with E-state index in [-0.39, 0.29) is 23.5 Å². The normalized spacial score (nSPS) is 16.5. The van der Waals surface area contributed by atoms with E-state index < -0.39 is 18.0 Å². The summed E-state index contributed by atoms with van der Waals surface area (Å²) in [4.78, 5) is 36.4. The topological polar surface area (TPSA) is 69.7 Å². The van der Waals surface area contributed by atoms with E-state index in [1.807, 2.05) is 0 Å². The maximum Gasteiger partial charge on any atom is 0.347 e. The second-order valence-electron chi connectivity index (χ2n) is 5.23. The summed E-state index contributed by atoms with van der Waals surface area (Å²) in [5, 5.41) is 0.513. The molecule has 122 valence electrons. The van der Waals surface area contributed by atoms with Gasteiger partial charge in [-0.05, 0) is 30.3 Å². The first-order valence-corrected chi connectivity index (χ1v) is 7.71. The van der Waals surface area contributed by atoms with E-state index in [0.29, 0.717) is 17.0 Å². The molecule has 1 fully saturated rings. The number of rotatable bonds is 4. The molecule has 2 aromatic carbocycles. The molecule has 0 N–H and O–H groups in total. The van der Waals surface area contributed by atoms with Crippen LogP contribution in [0.25, 0.3) is 0 Å². The molecule has 1 heterocycles. The molecular weight excluding hydrogens is 332 g/mol. The van der Waals surface area contributed by atoms with E-state index in [1.165, 1.54) is 6.07 Å². The molecule has 3 rings (SSSR count). The van der Waals surface area contributed by atoms with Gasteiger partial charge in [0.25, 0.3) is 0 Å². The van der Waals surface area contributed by atoms with Crippen LogP contribution >= 0.6 is 11.6 Å². The summed E-state index contributed by atoms with van der Waals surface area (Å²) in [6.07, 6.45) is -0.603. The Bertz CT molecular complexity index is 797. The molecule has 1 aliphatic heterocycles. The van der Waals surface area contributed by atoms with Gasteiger partial charge < -0.3 is 9.47 Å². The molecule has 1 aliphatic rings. The van der Waals surface area contributed by atoms with Crippen LogP contribution in [0.2, 0.25) is 5.02 Å². The Hall–Kier alpha value is -2.66. The van der Waals surface area contributed by atoms with Crippen LogP contribution < -0.4 is 0 Å². The third-order valence-corrected chi connectivity index (χ3v) is 3.89. The maximum absolute atomic E-state index is 12.6. The monoisotopic (exact) mass is 344 g/mol. The summed E-state index contributed by atoms with van der Waals surface area (Å²) < 4.78 is 9.93. The zero-order valence-corrected chi connectivity index (χ0v) is 13.3. The van der Waals surface area contributed by atoms with E-state index in [0.717, 1.165) is 0 Å². The fourth-order valence-corrected chi connectivity index (χ4v) is 2.52. The van der Waals surface area contributed by atoms with Crippen LogP contribution in [-0.4, -0.2) is 30.4 Å². The summed E-state index contributed by atoms with van der Waals surface area (Å²) in [6, 6.07) is 12.7. The second-order valence-corrected chi connectivity index (χ2v) is 5.67. The van der Waals surface area contributed by atoms with Crippen LogP contribution in [-0.2, 0) is 14.3 Å². The molecule has 0 aliphatic carbocycles. The van der Waals surface area contributed by atoms with Crippen molar-refractivity contribution < 1.29 is 23.9 Å². The Morgan fingerprint density at radius 3 is 2.33 bits per heavy atom. The van der Waals surface area contributed by atoms with Crippen molar-refractivity contribution in [3.8, 4) is 0 Å². The summed E-state index contributed by atoms with van der Waals surface area (Å²) >= 11 is 5.82. The number of halogens is 1. The standard InChI is InChI=1S/C18H13ClO5/c19-12-7-5-11(6-8-12)16(20)13-3-1-2-4-14(13)17(21)24-15-9-10-23-18(15)22/h1-8,15H,9-10H2/t15-/m1/s1. The first-order chi connectivity index (χ1) is 11.6. The van der Waals surface area contributed by atoms with Gasteiger partial charge in [0.15, 0.2) is 5.78 Å². The third-order valence-electron chi connectivity index (χ3n) is 3.63. The van der Waals surface area contributed by atoms with Gasteiger partial charge in [0.1, 0.15) is 0 Å². The summed E-state index contributed by atoms with van der Waals surface area (Å²) in [5.74, 6) is -1.62. The van der Waals surface area contributed by atoms with Gasteiger partial charge in [0.2, 0.25) is 6.10 Å². The molecular formula is C18H13ClO5. The van der Waals surface area contributed by atoms with Crippen molar-refractivity contribution in [3.05, 3.63) is 70.2 Å². The number of carbonyl (C=O) groups excluding carboxylic acids is 3. The number of hydrogen-bond acceptors (Lipinski definition) is 5. The van der Waals surface area contributed by atoms with Crippen molar-refractivity contribution in [2.75, 3.05) is 6.61 Å². The van der Waals surface area contributed by atoms with Crippen molar-refractivity contribution in [1.29, 1.82) is 0 Å². The molecule has 0 spiro atoms. The van der Waals surface area contributed by atoms with Gasteiger partial charge >= 0.3 is 11.9 Å². The van der Waals surface area contributed by atoms with Crippen molar-refractivity contribution in [3.63, 3.8) is 0 Å². The average molecular weight is 345 g/mol. The highest BCUT2D eigenvalue weighted by Crippen LogP contribution is 2.19. The second kappa shape index (κ2) is 6.84. The van der Waals surface area contributed by atoms with Crippen molar-refractivity contribution >= 4 is 29.3 Å². The summed E-state index contributed by atoms with van der Waals surface area (Å²) in [6.45, 7) is 0.224. The van der Waals surface area contributed by atoms with Gasteiger partial charge in [-0.3, -0.25) is 4.79 Å². The number of carbonyl (C=O) groups is 3. The van der Waals surface area contributed by atoms with Crippen LogP contribution in [0.1, 0.15) is 32.7 Å². The van der Waals surface area contributed by atoms with Crippen molar-refractivity contribution in [1.82, 2.24) is 0 Å². The van der Waals surface area contributed by atoms with Gasteiger partial charge in [0, 0.05) is 22.6 Å². The van der Waals surface area contributed by atoms with Gasteiger partial charge in [-0.25, -0.2) is 9.59 Å². The molecule has 24 heavy (non-hydrogen) atoms. The number of ether oxygens (including phenoxy) is 2. The SMILES string of the molecule is O=C(O[C@@H]1CCOC1=O)c1ccccc1C(=O)c1ccc(Cl)cc1. The molecule has 0 saturated carbocycles. The van der Waals surface area contributed by atoms with Crippen LogP contribution in [0.3, 0.4) is 0 Å². The van der Waals surface area contributed by atoms with E-state index >= 15 is 0 Å². The smallest absolute Gasteiger partial charge is 0.347 e. The molecule has 0 amide bonds. The number of cyclic esters (lactones) is 1.